The zero-order valence-corrected chi connectivity index (χ0v) is 17.4. The molecule has 1 atom stereocenters. The van der Waals surface area contributed by atoms with E-state index in [0.29, 0.717) is 29.2 Å². The fraction of sp³-hybridized carbons (Fsp3) is 0.250. The molecule has 2 N–H and O–H groups in total. The van der Waals surface area contributed by atoms with Gasteiger partial charge in [0, 0.05) is 15.6 Å². The van der Waals surface area contributed by atoms with Crippen LogP contribution in [0.4, 0.5) is 0 Å². The highest BCUT2D eigenvalue weighted by atomic mass is 79.9. The van der Waals surface area contributed by atoms with Crippen molar-refractivity contribution < 1.29 is 19.1 Å². The zero-order chi connectivity index (χ0) is 20.5. The molecule has 0 aliphatic rings. The summed E-state index contributed by atoms with van der Waals surface area (Å²) < 4.78 is 11.4. The highest BCUT2D eigenvalue weighted by molar-refractivity contribution is 9.10. The number of carbonyl (C=O) groups is 2. The van der Waals surface area contributed by atoms with Gasteiger partial charge in [0.05, 0.1) is 19.9 Å². The van der Waals surface area contributed by atoms with Crippen molar-refractivity contribution in [2.24, 2.45) is 5.10 Å². The fourth-order valence-electron chi connectivity index (χ4n) is 2.26. The number of amides is 2. The number of carbonyl (C=O) groups excluding carboxylic acids is 2. The predicted molar refractivity (Wildman–Crippen MR) is 111 cm³/mol. The van der Waals surface area contributed by atoms with E-state index in [1.165, 1.54) is 6.21 Å². The van der Waals surface area contributed by atoms with Crippen molar-refractivity contribution in [3.8, 4) is 11.5 Å². The van der Waals surface area contributed by atoms with Gasteiger partial charge in [-0.05, 0) is 56.3 Å². The second-order valence-electron chi connectivity index (χ2n) is 5.77. The Morgan fingerprint density at radius 2 is 1.93 bits per heavy atom. The number of hydrogen-bond donors (Lipinski definition) is 2. The van der Waals surface area contributed by atoms with E-state index >= 15 is 0 Å². The lowest BCUT2D eigenvalue weighted by Crippen LogP contribution is -2.43. The molecule has 0 fully saturated rings. The van der Waals surface area contributed by atoms with Crippen molar-refractivity contribution >= 4 is 34.0 Å². The van der Waals surface area contributed by atoms with E-state index in [-0.39, 0.29) is 5.91 Å². The van der Waals surface area contributed by atoms with Gasteiger partial charge >= 0.3 is 0 Å². The summed E-state index contributed by atoms with van der Waals surface area (Å²) in [4.78, 5) is 24.4. The number of benzene rings is 2. The van der Waals surface area contributed by atoms with Crippen LogP contribution in [0.1, 0.15) is 29.8 Å². The number of methoxy groups -OCH3 is 1. The topological polar surface area (TPSA) is 89.0 Å². The predicted octanol–water partition coefficient (Wildman–Crippen LogP) is 3.13. The maximum absolute atomic E-state index is 12.2. The molecule has 2 rings (SSSR count). The summed E-state index contributed by atoms with van der Waals surface area (Å²) in [7, 11) is 1.55. The molecular formula is C20H22BrN3O4. The minimum absolute atomic E-state index is 0.361. The summed E-state index contributed by atoms with van der Waals surface area (Å²) in [5.74, 6) is 0.506. The van der Waals surface area contributed by atoms with Crippen LogP contribution in [-0.4, -0.2) is 37.8 Å². The summed E-state index contributed by atoms with van der Waals surface area (Å²) in [6, 6.07) is 11.3. The number of halogens is 1. The zero-order valence-electron chi connectivity index (χ0n) is 15.9. The van der Waals surface area contributed by atoms with Gasteiger partial charge in [0.25, 0.3) is 11.8 Å². The van der Waals surface area contributed by atoms with Gasteiger partial charge < -0.3 is 14.8 Å². The number of rotatable bonds is 8. The van der Waals surface area contributed by atoms with Crippen LogP contribution in [0.15, 0.2) is 52.0 Å². The normalized spacial score (nSPS) is 11.7. The Morgan fingerprint density at radius 1 is 1.21 bits per heavy atom. The number of hydrazone groups is 1. The molecule has 148 valence electrons. The first-order chi connectivity index (χ1) is 13.4. The summed E-state index contributed by atoms with van der Waals surface area (Å²) >= 11 is 3.39. The van der Waals surface area contributed by atoms with Crippen LogP contribution in [0.25, 0.3) is 0 Å². The molecule has 0 saturated carbocycles. The number of hydrogen-bond acceptors (Lipinski definition) is 5. The Bertz CT molecular complexity index is 853. The van der Waals surface area contributed by atoms with Gasteiger partial charge in [-0.15, -0.1) is 0 Å². The maximum Gasteiger partial charge on any atom is 0.262 e. The smallest absolute Gasteiger partial charge is 0.262 e. The molecule has 0 saturated heterocycles. The van der Waals surface area contributed by atoms with E-state index in [2.05, 4.69) is 31.8 Å². The van der Waals surface area contributed by atoms with Gasteiger partial charge in [0.1, 0.15) is 17.5 Å². The van der Waals surface area contributed by atoms with Gasteiger partial charge in [0.15, 0.2) is 0 Å². The molecule has 2 aromatic rings. The minimum atomic E-state index is -0.763. The molecule has 2 amide bonds. The van der Waals surface area contributed by atoms with Gasteiger partial charge in [-0.25, -0.2) is 5.43 Å². The third-order valence-electron chi connectivity index (χ3n) is 3.74. The average Bonchev–Trinajstić information content (AvgIpc) is 2.69. The minimum Gasteiger partial charge on any atom is -0.497 e. The van der Waals surface area contributed by atoms with Crippen molar-refractivity contribution in [3.05, 3.63) is 58.1 Å². The van der Waals surface area contributed by atoms with Crippen molar-refractivity contribution in [1.29, 1.82) is 0 Å². The molecule has 0 aliphatic carbocycles. The summed E-state index contributed by atoms with van der Waals surface area (Å²) in [6.07, 6.45) is 1.49. The lowest BCUT2D eigenvalue weighted by molar-refractivity contribution is -0.122. The third kappa shape index (κ3) is 6.09. The van der Waals surface area contributed by atoms with Crippen LogP contribution in [-0.2, 0) is 4.79 Å². The molecular weight excluding hydrogens is 426 g/mol. The number of nitrogens with one attached hydrogen (secondary N) is 2. The molecule has 2 aromatic carbocycles. The molecule has 0 heterocycles. The van der Waals surface area contributed by atoms with Crippen molar-refractivity contribution in [2.45, 2.75) is 19.9 Å². The molecule has 0 radical (unpaired) electrons. The van der Waals surface area contributed by atoms with E-state index < -0.39 is 11.9 Å². The molecule has 0 bridgehead atoms. The monoisotopic (exact) mass is 447 g/mol. The van der Waals surface area contributed by atoms with E-state index in [4.69, 9.17) is 9.47 Å². The molecule has 7 nitrogen and oxygen atoms in total. The molecule has 0 aromatic heterocycles. The van der Waals surface area contributed by atoms with Gasteiger partial charge in [-0.2, -0.15) is 5.10 Å². The van der Waals surface area contributed by atoms with Crippen LogP contribution >= 0.6 is 15.9 Å². The van der Waals surface area contributed by atoms with Crippen molar-refractivity contribution in [3.63, 3.8) is 0 Å². The molecule has 28 heavy (non-hydrogen) atoms. The Balaban J connectivity index is 1.94. The Morgan fingerprint density at radius 3 is 2.57 bits per heavy atom. The molecule has 0 aliphatic heterocycles. The van der Waals surface area contributed by atoms with Gasteiger partial charge in [-0.3, -0.25) is 9.59 Å². The van der Waals surface area contributed by atoms with Crippen LogP contribution in [0.5, 0.6) is 11.5 Å². The van der Waals surface area contributed by atoms with Crippen LogP contribution in [0.3, 0.4) is 0 Å². The van der Waals surface area contributed by atoms with E-state index in [0.717, 1.165) is 4.47 Å². The molecule has 1 unspecified atom stereocenters. The third-order valence-corrected chi connectivity index (χ3v) is 4.24. The molecule has 0 spiro atoms. The largest absolute Gasteiger partial charge is 0.497 e. The molecule has 8 heteroatoms. The maximum atomic E-state index is 12.2. The Kier molecular flexibility index (Phi) is 8.01. The summed E-state index contributed by atoms with van der Waals surface area (Å²) in [6.45, 7) is 3.98. The second-order valence-corrected chi connectivity index (χ2v) is 6.69. The first kappa shape index (κ1) is 21.4. The highest BCUT2D eigenvalue weighted by Gasteiger charge is 2.16. The van der Waals surface area contributed by atoms with Crippen LogP contribution in [0.2, 0.25) is 0 Å². The number of ether oxygens (including phenoxy) is 2. The average molecular weight is 448 g/mol. The Labute approximate surface area is 172 Å². The first-order valence-corrected chi connectivity index (χ1v) is 9.44. The van der Waals surface area contributed by atoms with Crippen molar-refractivity contribution in [2.75, 3.05) is 13.7 Å². The van der Waals surface area contributed by atoms with E-state index in [1.54, 1.807) is 38.3 Å². The first-order valence-electron chi connectivity index (χ1n) is 8.64. The number of nitrogens with zero attached hydrogens (tertiary/aromatic N) is 1. The Hall–Kier alpha value is -2.87. The lowest BCUT2D eigenvalue weighted by atomic mass is 10.2. The lowest BCUT2D eigenvalue weighted by Gasteiger charge is -2.12. The highest BCUT2D eigenvalue weighted by Crippen LogP contribution is 2.21. The summed E-state index contributed by atoms with van der Waals surface area (Å²) in [5.41, 5.74) is 3.56. The standard InChI is InChI=1S/C20H22BrN3O4/c1-4-28-18-10-7-16(21)11-15(18)12-22-24-19(25)13(2)23-20(26)14-5-8-17(27-3)9-6-14/h5-13H,4H2,1-3H3,(H,23,26)(H,24,25). The van der Waals surface area contributed by atoms with E-state index in [1.807, 2.05) is 25.1 Å². The fourth-order valence-corrected chi connectivity index (χ4v) is 2.64. The van der Waals surface area contributed by atoms with Crippen molar-refractivity contribution in [1.82, 2.24) is 10.7 Å². The SMILES string of the molecule is CCOc1ccc(Br)cc1C=NNC(=O)C(C)NC(=O)c1ccc(OC)cc1. The quantitative estimate of drug-likeness (QED) is 0.480. The van der Waals surface area contributed by atoms with Crippen LogP contribution < -0.4 is 20.2 Å². The van der Waals surface area contributed by atoms with Gasteiger partial charge in [-0.1, -0.05) is 15.9 Å². The summed E-state index contributed by atoms with van der Waals surface area (Å²) in [5, 5.41) is 6.58. The van der Waals surface area contributed by atoms with Gasteiger partial charge in [0.2, 0.25) is 0 Å². The van der Waals surface area contributed by atoms with Crippen LogP contribution in [0, 0.1) is 0 Å². The van der Waals surface area contributed by atoms with E-state index in [9.17, 15) is 9.59 Å². The second kappa shape index (κ2) is 10.5.